The van der Waals surface area contributed by atoms with Gasteiger partial charge in [-0.1, -0.05) is 42.8 Å². The fourth-order valence-electron chi connectivity index (χ4n) is 4.52. The molecule has 1 aromatic heterocycles. The Kier molecular flexibility index (Phi) is 6.11. The number of aryl methyl sites for hydroxylation is 1. The van der Waals surface area contributed by atoms with Crippen molar-refractivity contribution >= 4 is 0 Å². The molecule has 1 fully saturated rings. The Bertz CT molecular complexity index is 991. The van der Waals surface area contributed by atoms with Crippen molar-refractivity contribution in [3.8, 4) is 22.9 Å². The van der Waals surface area contributed by atoms with Crippen LogP contribution in [0.2, 0.25) is 0 Å². The van der Waals surface area contributed by atoms with E-state index in [0.717, 1.165) is 43.0 Å². The molecule has 2 aliphatic heterocycles. The summed E-state index contributed by atoms with van der Waals surface area (Å²) in [5.41, 5.74) is 2.36. The number of hydrogen-bond donors (Lipinski definition) is 0. The van der Waals surface area contributed by atoms with E-state index in [2.05, 4.69) is 38.5 Å². The zero-order valence-electron chi connectivity index (χ0n) is 17.8. The molecule has 1 unspecified atom stereocenters. The highest BCUT2D eigenvalue weighted by atomic mass is 16.6. The number of unbranched alkanes of at least 4 members (excludes halogenated alkanes) is 2. The van der Waals surface area contributed by atoms with Gasteiger partial charge in [-0.15, -0.1) is 10.2 Å². The van der Waals surface area contributed by atoms with Gasteiger partial charge in [-0.2, -0.15) is 4.80 Å². The number of rotatable bonds is 8. The molecule has 162 valence electrons. The van der Waals surface area contributed by atoms with E-state index in [-0.39, 0.29) is 0 Å². The predicted octanol–water partition coefficient (Wildman–Crippen LogP) is 4.12. The molecule has 3 heterocycles. The zero-order valence-corrected chi connectivity index (χ0v) is 17.8. The molecule has 0 spiro atoms. The number of fused-ring (bicyclic) bond motifs is 1. The Balaban J connectivity index is 1.09. The van der Waals surface area contributed by atoms with Gasteiger partial charge in [-0.25, -0.2) is 0 Å². The Hall–Kier alpha value is -2.93. The number of likely N-dealkylation sites (tertiary alicyclic amines) is 1. The van der Waals surface area contributed by atoms with E-state index in [0.29, 0.717) is 25.1 Å². The zero-order chi connectivity index (χ0) is 20.9. The quantitative estimate of drug-likeness (QED) is 0.512. The lowest BCUT2D eigenvalue weighted by Crippen LogP contribution is -2.25. The van der Waals surface area contributed by atoms with Crippen LogP contribution in [0.15, 0.2) is 48.5 Å². The first-order chi connectivity index (χ1) is 15.4. The van der Waals surface area contributed by atoms with Crippen LogP contribution in [0.1, 0.15) is 43.7 Å². The Morgan fingerprint density at radius 3 is 2.65 bits per heavy atom. The average Bonchev–Trinajstić information content (AvgIpc) is 3.49. The van der Waals surface area contributed by atoms with Crippen molar-refractivity contribution in [3.63, 3.8) is 0 Å². The fourth-order valence-corrected chi connectivity index (χ4v) is 4.52. The van der Waals surface area contributed by atoms with Gasteiger partial charge in [0, 0.05) is 11.6 Å². The normalized spacial score (nSPS) is 18.4. The van der Waals surface area contributed by atoms with Crippen molar-refractivity contribution in [2.45, 2.75) is 44.7 Å². The van der Waals surface area contributed by atoms with Crippen LogP contribution in [0.5, 0.6) is 11.5 Å². The molecule has 1 saturated heterocycles. The third kappa shape index (κ3) is 4.71. The maximum atomic E-state index is 5.78. The van der Waals surface area contributed by atoms with Crippen LogP contribution >= 0.6 is 0 Å². The Morgan fingerprint density at radius 1 is 0.903 bits per heavy atom. The fraction of sp³-hybridized carbons (Fsp3) is 0.458. The van der Waals surface area contributed by atoms with Crippen LogP contribution in [0.3, 0.4) is 0 Å². The van der Waals surface area contributed by atoms with Gasteiger partial charge >= 0.3 is 0 Å². The number of ether oxygens (including phenoxy) is 2. The number of aromatic nitrogens is 4. The van der Waals surface area contributed by atoms with E-state index in [9.17, 15) is 0 Å². The number of nitrogens with zero attached hydrogens (tertiary/aromatic N) is 5. The molecular weight excluding hydrogens is 390 g/mol. The second-order valence-corrected chi connectivity index (χ2v) is 8.23. The molecular formula is C24H29N5O2. The lowest BCUT2D eigenvalue weighted by molar-refractivity contribution is 0.170. The first kappa shape index (κ1) is 20.0. The summed E-state index contributed by atoms with van der Waals surface area (Å²) in [6, 6.07) is 16.9. The minimum atomic E-state index is 0.487. The predicted molar refractivity (Wildman–Crippen MR) is 118 cm³/mol. The third-order valence-corrected chi connectivity index (χ3v) is 6.10. The molecule has 1 atom stereocenters. The summed E-state index contributed by atoms with van der Waals surface area (Å²) < 4.78 is 11.4. The maximum absolute atomic E-state index is 5.78. The molecule has 0 aliphatic carbocycles. The van der Waals surface area contributed by atoms with Gasteiger partial charge in [-0.05, 0) is 61.7 Å². The van der Waals surface area contributed by atoms with Crippen LogP contribution < -0.4 is 9.47 Å². The molecule has 31 heavy (non-hydrogen) atoms. The second-order valence-electron chi connectivity index (χ2n) is 8.23. The summed E-state index contributed by atoms with van der Waals surface area (Å²) in [7, 11) is 0. The van der Waals surface area contributed by atoms with Gasteiger partial charge in [0.25, 0.3) is 0 Å². The van der Waals surface area contributed by atoms with E-state index < -0.39 is 0 Å². The molecule has 7 heteroatoms. The SMILES string of the molecule is c1ccc(-c2nnn(CCCCCN3CCCC3c3ccc4c(c3)OCCO4)n2)cc1. The van der Waals surface area contributed by atoms with Gasteiger partial charge in [0.15, 0.2) is 11.5 Å². The largest absolute Gasteiger partial charge is 0.486 e. The maximum Gasteiger partial charge on any atom is 0.204 e. The Morgan fingerprint density at radius 2 is 1.74 bits per heavy atom. The van der Waals surface area contributed by atoms with Gasteiger partial charge in [-0.3, -0.25) is 4.90 Å². The minimum absolute atomic E-state index is 0.487. The molecule has 0 saturated carbocycles. The summed E-state index contributed by atoms with van der Waals surface area (Å²) in [6.45, 7) is 4.38. The molecule has 0 radical (unpaired) electrons. The van der Waals surface area contributed by atoms with Crippen LogP contribution in [-0.2, 0) is 6.54 Å². The van der Waals surface area contributed by atoms with Crippen molar-refractivity contribution in [2.24, 2.45) is 0 Å². The minimum Gasteiger partial charge on any atom is -0.486 e. The van der Waals surface area contributed by atoms with Crippen molar-refractivity contribution < 1.29 is 9.47 Å². The topological polar surface area (TPSA) is 65.3 Å². The molecule has 2 aliphatic rings. The lowest BCUT2D eigenvalue weighted by atomic mass is 10.0. The van der Waals surface area contributed by atoms with Crippen LogP contribution in [0.25, 0.3) is 11.4 Å². The number of tetrazole rings is 1. The summed E-state index contributed by atoms with van der Waals surface area (Å²) in [5.74, 6) is 2.46. The summed E-state index contributed by atoms with van der Waals surface area (Å²) in [5, 5.41) is 12.9. The molecule has 2 aromatic carbocycles. The van der Waals surface area contributed by atoms with E-state index in [1.807, 2.05) is 30.3 Å². The van der Waals surface area contributed by atoms with Gasteiger partial charge in [0.05, 0.1) is 6.54 Å². The monoisotopic (exact) mass is 419 g/mol. The molecule has 0 bridgehead atoms. The molecule has 3 aromatic rings. The Labute approximate surface area is 183 Å². The number of benzene rings is 2. The average molecular weight is 420 g/mol. The van der Waals surface area contributed by atoms with E-state index >= 15 is 0 Å². The lowest BCUT2D eigenvalue weighted by Gasteiger charge is -2.26. The highest BCUT2D eigenvalue weighted by Crippen LogP contribution is 2.38. The highest BCUT2D eigenvalue weighted by molar-refractivity contribution is 5.52. The van der Waals surface area contributed by atoms with E-state index in [4.69, 9.17) is 9.47 Å². The smallest absolute Gasteiger partial charge is 0.204 e. The van der Waals surface area contributed by atoms with E-state index in [1.165, 1.54) is 31.4 Å². The molecule has 7 nitrogen and oxygen atoms in total. The van der Waals surface area contributed by atoms with Crippen LogP contribution in [-0.4, -0.2) is 51.4 Å². The second kappa shape index (κ2) is 9.47. The van der Waals surface area contributed by atoms with Gasteiger partial charge in [0.1, 0.15) is 13.2 Å². The molecule has 0 amide bonds. The van der Waals surface area contributed by atoms with Crippen molar-refractivity contribution in [3.05, 3.63) is 54.1 Å². The molecule has 0 N–H and O–H groups in total. The third-order valence-electron chi connectivity index (χ3n) is 6.10. The van der Waals surface area contributed by atoms with Crippen molar-refractivity contribution in [1.29, 1.82) is 0 Å². The molecule has 5 rings (SSSR count). The highest BCUT2D eigenvalue weighted by Gasteiger charge is 2.26. The summed E-state index contributed by atoms with van der Waals surface area (Å²) >= 11 is 0. The first-order valence-electron chi connectivity index (χ1n) is 11.3. The number of hydrogen-bond acceptors (Lipinski definition) is 6. The van der Waals surface area contributed by atoms with Gasteiger partial charge < -0.3 is 9.47 Å². The summed E-state index contributed by atoms with van der Waals surface area (Å²) in [4.78, 5) is 4.34. The van der Waals surface area contributed by atoms with E-state index in [1.54, 1.807) is 4.80 Å². The van der Waals surface area contributed by atoms with Crippen LogP contribution in [0, 0.1) is 0 Å². The standard InChI is InChI=1S/C24H29N5O2/c1-3-8-19(9-4-1)24-25-27-29(26-24)15-6-2-5-13-28-14-7-10-21(28)20-11-12-22-23(18-20)31-17-16-30-22/h1,3-4,8-9,11-12,18,21H,2,5-7,10,13-17H2. The first-order valence-corrected chi connectivity index (χ1v) is 11.3. The van der Waals surface area contributed by atoms with Gasteiger partial charge in [0.2, 0.25) is 5.82 Å². The van der Waals surface area contributed by atoms with Crippen molar-refractivity contribution in [2.75, 3.05) is 26.3 Å². The van der Waals surface area contributed by atoms with Crippen LogP contribution in [0.4, 0.5) is 0 Å². The summed E-state index contributed by atoms with van der Waals surface area (Å²) in [6.07, 6.45) is 5.87. The van der Waals surface area contributed by atoms with Crippen molar-refractivity contribution in [1.82, 2.24) is 25.1 Å².